The fourth-order valence-electron chi connectivity index (χ4n) is 1.69. The lowest BCUT2D eigenvalue weighted by Gasteiger charge is -2.22. The second-order valence-electron chi connectivity index (χ2n) is 4.67. The standard InChI is InChI=1S/C13H20N2O4/c1-3-6-15(9-10-4-5-10)13(18)14-8-11(19-2)7-12(16)17/h1,10-11H,4-9H2,2H3,(H,14,18)(H,16,17). The number of terminal acetylenes is 1. The predicted molar refractivity (Wildman–Crippen MR) is 69.6 cm³/mol. The summed E-state index contributed by atoms with van der Waals surface area (Å²) in [5, 5.41) is 11.3. The normalized spacial score (nSPS) is 15.4. The number of amides is 2. The Balaban J connectivity index is 2.37. The number of urea groups is 1. The van der Waals surface area contributed by atoms with Gasteiger partial charge >= 0.3 is 12.0 Å². The van der Waals surface area contributed by atoms with Gasteiger partial charge in [0.25, 0.3) is 0 Å². The van der Waals surface area contributed by atoms with Crippen molar-refractivity contribution in [2.24, 2.45) is 5.92 Å². The molecule has 2 amide bonds. The third kappa shape index (κ3) is 6.11. The van der Waals surface area contributed by atoms with Crippen molar-refractivity contribution in [3.05, 3.63) is 0 Å². The molecule has 0 aromatic heterocycles. The van der Waals surface area contributed by atoms with Gasteiger partial charge in [0.2, 0.25) is 0 Å². The van der Waals surface area contributed by atoms with Gasteiger partial charge in [0.1, 0.15) is 0 Å². The van der Waals surface area contributed by atoms with Gasteiger partial charge in [0.05, 0.1) is 19.1 Å². The fraction of sp³-hybridized carbons (Fsp3) is 0.692. The lowest BCUT2D eigenvalue weighted by molar-refractivity contribution is -0.139. The van der Waals surface area contributed by atoms with Gasteiger partial charge in [-0.2, -0.15) is 0 Å². The maximum atomic E-state index is 11.9. The van der Waals surface area contributed by atoms with Crippen molar-refractivity contribution in [1.29, 1.82) is 0 Å². The molecule has 0 radical (unpaired) electrons. The van der Waals surface area contributed by atoms with Crippen LogP contribution in [0.4, 0.5) is 4.79 Å². The third-order valence-electron chi connectivity index (χ3n) is 2.96. The van der Waals surface area contributed by atoms with Crippen molar-refractivity contribution in [1.82, 2.24) is 10.2 Å². The van der Waals surface area contributed by atoms with E-state index in [9.17, 15) is 9.59 Å². The van der Waals surface area contributed by atoms with Crippen LogP contribution in [0.25, 0.3) is 0 Å². The molecule has 106 valence electrons. The van der Waals surface area contributed by atoms with Crippen molar-refractivity contribution < 1.29 is 19.4 Å². The van der Waals surface area contributed by atoms with Crippen LogP contribution in [-0.4, -0.2) is 54.9 Å². The molecule has 0 bridgehead atoms. The number of hydrogen-bond acceptors (Lipinski definition) is 3. The summed E-state index contributed by atoms with van der Waals surface area (Å²) in [6.07, 6.45) is 6.83. The van der Waals surface area contributed by atoms with Crippen molar-refractivity contribution >= 4 is 12.0 Å². The molecule has 6 nitrogen and oxygen atoms in total. The van der Waals surface area contributed by atoms with Crippen molar-refractivity contribution in [2.75, 3.05) is 26.7 Å². The van der Waals surface area contributed by atoms with Crippen LogP contribution < -0.4 is 5.32 Å². The molecule has 1 fully saturated rings. The average molecular weight is 268 g/mol. The minimum atomic E-state index is -0.959. The van der Waals surface area contributed by atoms with E-state index in [1.807, 2.05) is 0 Å². The highest BCUT2D eigenvalue weighted by atomic mass is 16.5. The number of rotatable bonds is 8. The molecule has 1 rings (SSSR count). The van der Waals surface area contributed by atoms with Gasteiger partial charge in [0, 0.05) is 20.2 Å². The number of aliphatic carboxylic acids is 1. The maximum absolute atomic E-state index is 11.9. The second-order valence-corrected chi connectivity index (χ2v) is 4.67. The quantitative estimate of drug-likeness (QED) is 0.629. The van der Waals surface area contributed by atoms with E-state index in [0.29, 0.717) is 12.5 Å². The summed E-state index contributed by atoms with van der Waals surface area (Å²) in [7, 11) is 1.42. The first kappa shape index (κ1) is 15.3. The summed E-state index contributed by atoms with van der Waals surface area (Å²) in [5.41, 5.74) is 0. The second kappa shape index (κ2) is 7.64. The maximum Gasteiger partial charge on any atom is 0.318 e. The number of carbonyl (C=O) groups is 2. The monoisotopic (exact) mass is 268 g/mol. The predicted octanol–water partition coefficient (Wildman–Crippen LogP) is 0.531. The van der Waals surface area contributed by atoms with Crippen LogP contribution >= 0.6 is 0 Å². The van der Waals surface area contributed by atoms with E-state index in [1.165, 1.54) is 7.11 Å². The molecule has 0 saturated heterocycles. The van der Waals surface area contributed by atoms with E-state index in [1.54, 1.807) is 4.90 Å². The lowest BCUT2D eigenvalue weighted by Crippen LogP contribution is -2.44. The van der Waals surface area contributed by atoms with Crippen LogP contribution in [0, 0.1) is 18.3 Å². The first-order valence-corrected chi connectivity index (χ1v) is 6.27. The molecule has 1 aliphatic carbocycles. The number of hydrogen-bond donors (Lipinski definition) is 2. The SMILES string of the molecule is C#CCN(CC1CC1)C(=O)NCC(CC(=O)O)OC. The van der Waals surface area contributed by atoms with E-state index in [4.69, 9.17) is 16.3 Å². The first-order chi connectivity index (χ1) is 9.06. The Morgan fingerprint density at radius 2 is 2.26 bits per heavy atom. The molecule has 1 aliphatic rings. The number of carboxylic acids is 1. The van der Waals surface area contributed by atoms with E-state index in [2.05, 4.69) is 11.2 Å². The van der Waals surface area contributed by atoms with Gasteiger partial charge in [-0.15, -0.1) is 6.42 Å². The molecule has 0 aliphatic heterocycles. The number of carbonyl (C=O) groups excluding carboxylic acids is 1. The number of nitrogens with one attached hydrogen (secondary N) is 1. The molecule has 0 heterocycles. The minimum absolute atomic E-state index is 0.144. The molecule has 6 heteroatoms. The fourth-order valence-corrected chi connectivity index (χ4v) is 1.69. The zero-order valence-electron chi connectivity index (χ0n) is 11.1. The van der Waals surface area contributed by atoms with Crippen LogP contribution in [0.1, 0.15) is 19.3 Å². The summed E-state index contributed by atoms with van der Waals surface area (Å²) in [4.78, 5) is 24.1. The average Bonchev–Trinajstić information content (AvgIpc) is 3.17. The van der Waals surface area contributed by atoms with E-state index >= 15 is 0 Å². The van der Waals surface area contributed by atoms with E-state index < -0.39 is 12.1 Å². The van der Waals surface area contributed by atoms with Gasteiger partial charge in [0.15, 0.2) is 0 Å². The van der Waals surface area contributed by atoms with Crippen LogP contribution in [0.5, 0.6) is 0 Å². The first-order valence-electron chi connectivity index (χ1n) is 6.27. The Morgan fingerprint density at radius 3 is 2.74 bits per heavy atom. The molecule has 1 unspecified atom stereocenters. The summed E-state index contributed by atoms with van der Waals surface area (Å²) < 4.78 is 4.99. The Hall–Kier alpha value is -1.74. The number of ether oxygens (including phenoxy) is 1. The van der Waals surface area contributed by atoms with Crippen LogP contribution in [0.15, 0.2) is 0 Å². The number of carboxylic acid groups (broad SMARTS) is 1. The molecule has 0 aromatic carbocycles. The zero-order valence-corrected chi connectivity index (χ0v) is 11.1. The highest BCUT2D eigenvalue weighted by molar-refractivity contribution is 5.74. The molecular weight excluding hydrogens is 248 g/mol. The molecule has 19 heavy (non-hydrogen) atoms. The van der Waals surface area contributed by atoms with Gasteiger partial charge in [-0.25, -0.2) is 4.79 Å². The van der Waals surface area contributed by atoms with Crippen LogP contribution in [0.2, 0.25) is 0 Å². The van der Waals surface area contributed by atoms with Crippen molar-refractivity contribution in [3.8, 4) is 12.3 Å². The molecule has 0 aromatic rings. The lowest BCUT2D eigenvalue weighted by atomic mass is 10.2. The number of methoxy groups -OCH3 is 1. The van der Waals surface area contributed by atoms with Gasteiger partial charge in [-0.1, -0.05) is 5.92 Å². The largest absolute Gasteiger partial charge is 0.481 e. The molecular formula is C13H20N2O4. The van der Waals surface area contributed by atoms with E-state index in [-0.39, 0.29) is 25.5 Å². The minimum Gasteiger partial charge on any atom is -0.481 e. The topological polar surface area (TPSA) is 78.9 Å². The van der Waals surface area contributed by atoms with Crippen LogP contribution in [0.3, 0.4) is 0 Å². The summed E-state index contributed by atoms with van der Waals surface area (Å²) in [6, 6.07) is -0.266. The zero-order chi connectivity index (χ0) is 14.3. The molecule has 2 N–H and O–H groups in total. The number of nitrogens with zero attached hydrogens (tertiary/aromatic N) is 1. The Morgan fingerprint density at radius 1 is 1.58 bits per heavy atom. The Labute approximate surface area is 113 Å². The Kier molecular flexibility index (Phi) is 6.16. The highest BCUT2D eigenvalue weighted by Crippen LogP contribution is 2.29. The summed E-state index contributed by atoms with van der Waals surface area (Å²) in [6.45, 7) is 1.08. The summed E-state index contributed by atoms with van der Waals surface area (Å²) in [5.74, 6) is 2.05. The van der Waals surface area contributed by atoms with Gasteiger partial charge < -0.3 is 20.1 Å². The summed E-state index contributed by atoms with van der Waals surface area (Å²) >= 11 is 0. The molecule has 1 saturated carbocycles. The smallest absolute Gasteiger partial charge is 0.318 e. The molecule has 1 atom stereocenters. The van der Waals surface area contributed by atoms with Crippen molar-refractivity contribution in [3.63, 3.8) is 0 Å². The molecule has 0 spiro atoms. The van der Waals surface area contributed by atoms with Crippen LogP contribution in [-0.2, 0) is 9.53 Å². The Bertz CT molecular complexity index is 360. The van der Waals surface area contributed by atoms with E-state index in [0.717, 1.165) is 12.8 Å². The third-order valence-corrected chi connectivity index (χ3v) is 2.96. The van der Waals surface area contributed by atoms with Gasteiger partial charge in [-0.3, -0.25) is 4.79 Å². The van der Waals surface area contributed by atoms with Crippen molar-refractivity contribution in [2.45, 2.75) is 25.4 Å². The highest BCUT2D eigenvalue weighted by Gasteiger charge is 2.26. The van der Waals surface area contributed by atoms with Gasteiger partial charge in [-0.05, 0) is 18.8 Å².